The van der Waals surface area contributed by atoms with Gasteiger partial charge in [0.05, 0.1) is 12.2 Å². The van der Waals surface area contributed by atoms with E-state index >= 15 is 0 Å². The summed E-state index contributed by atoms with van der Waals surface area (Å²) in [5.41, 5.74) is 0.745. The number of epoxide rings is 1. The average Bonchev–Trinajstić information content (AvgIpc) is 3.02. The number of rotatable bonds is 5. The summed E-state index contributed by atoms with van der Waals surface area (Å²) in [6.45, 7) is 2.07. The molecule has 0 amide bonds. The third-order valence-corrected chi connectivity index (χ3v) is 2.78. The van der Waals surface area contributed by atoms with Gasteiger partial charge in [-0.15, -0.1) is 0 Å². The maximum Gasteiger partial charge on any atom is 0.185 e. The van der Waals surface area contributed by atoms with Crippen molar-refractivity contribution in [2.75, 3.05) is 0 Å². The average molecular weight is 216 g/mol. The molecular weight excluding hydrogens is 200 g/mol. The molecule has 1 aliphatic heterocycles. The molecule has 0 aliphatic carbocycles. The van der Waals surface area contributed by atoms with Crippen LogP contribution < -0.4 is 0 Å². The molecule has 1 fully saturated rings. The molecule has 0 N–H and O–H groups in total. The van der Waals surface area contributed by atoms with Crippen LogP contribution in [0.4, 0.5) is 0 Å². The summed E-state index contributed by atoms with van der Waals surface area (Å²) in [7, 11) is 0. The van der Waals surface area contributed by atoms with Gasteiger partial charge in [-0.1, -0.05) is 36.4 Å². The normalized spacial score (nSPS) is 23.6. The number of hydrogen-bond acceptors (Lipinski definition) is 2. The van der Waals surface area contributed by atoms with Gasteiger partial charge < -0.3 is 4.74 Å². The van der Waals surface area contributed by atoms with E-state index in [1.54, 1.807) is 6.08 Å². The summed E-state index contributed by atoms with van der Waals surface area (Å²) in [6, 6.07) is 9.32. The van der Waals surface area contributed by atoms with Crippen molar-refractivity contribution >= 4 is 5.78 Å². The molecule has 2 nitrogen and oxygen atoms in total. The van der Waals surface area contributed by atoms with E-state index in [2.05, 4.69) is 6.92 Å². The predicted octanol–water partition coefficient (Wildman–Crippen LogP) is 2.99. The van der Waals surface area contributed by atoms with Crippen LogP contribution in [0.25, 0.3) is 0 Å². The van der Waals surface area contributed by atoms with E-state index in [1.165, 1.54) is 0 Å². The van der Waals surface area contributed by atoms with E-state index < -0.39 is 0 Å². The molecule has 1 aliphatic rings. The highest BCUT2D eigenvalue weighted by atomic mass is 16.6. The monoisotopic (exact) mass is 216 g/mol. The summed E-state index contributed by atoms with van der Waals surface area (Å²) in [6.07, 6.45) is 6.34. The molecule has 2 rings (SSSR count). The highest BCUT2D eigenvalue weighted by Gasteiger charge is 2.32. The zero-order chi connectivity index (χ0) is 11.4. The first-order valence-corrected chi connectivity index (χ1v) is 5.69. The molecule has 2 heteroatoms. The highest BCUT2D eigenvalue weighted by Crippen LogP contribution is 2.25. The molecule has 0 saturated carbocycles. The second-order valence-corrected chi connectivity index (χ2v) is 4.09. The quantitative estimate of drug-likeness (QED) is 0.430. The Hall–Kier alpha value is -1.41. The third-order valence-electron chi connectivity index (χ3n) is 2.78. The lowest BCUT2D eigenvalue weighted by Crippen LogP contribution is -1.93. The van der Waals surface area contributed by atoms with Crippen LogP contribution in [0.5, 0.6) is 0 Å². The van der Waals surface area contributed by atoms with Crippen molar-refractivity contribution in [1.29, 1.82) is 0 Å². The van der Waals surface area contributed by atoms with Crippen molar-refractivity contribution in [3.63, 3.8) is 0 Å². The zero-order valence-electron chi connectivity index (χ0n) is 9.43. The van der Waals surface area contributed by atoms with Crippen LogP contribution in [-0.4, -0.2) is 18.0 Å². The Morgan fingerprint density at radius 2 is 2.06 bits per heavy atom. The molecule has 1 heterocycles. The fourth-order valence-corrected chi connectivity index (χ4v) is 1.68. The van der Waals surface area contributed by atoms with Gasteiger partial charge in [0.15, 0.2) is 5.78 Å². The number of benzene rings is 1. The Bertz CT molecular complexity index is 381. The zero-order valence-corrected chi connectivity index (χ0v) is 9.43. The summed E-state index contributed by atoms with van der Waals surface area (Å²) >= 11 is 0. The number of hydrogen-bond donors (Lipinski definition) is 0. The fourth-order valence-electron chi connectivity index (χ4n) is 1.68. The van der Waals surface area contributed by atoms with Crippen molar-refractivity contribution in [1.82, 2.24) is 0 Å². The number of carbonyl (C=O) groups excluding carboxylic acids is 1. The molecular formula is C14H16O2. The molecule has 0 aromatic heterocycles. The van der Waals surface area contributed by atoms with E-state index in [4.69, 9.17) is 4.74 Å². The van der Waals surface area contributed by atoms with E-state index in [-0.39, 0.29) is 5.78 Å². The van der Waals surface area contributed by atoms with Gasteiger partial charge in [0.1, 0.15) is 0 Å². The minimum absolute atomic E-state index is 0.0744. The number of ketones is 1. The lowest BCUT2D eigenvalue weighted by molar-refractivity contribution is 0.104. The molecule has 0 radical (unpaired) electrons. The molecule has 1 aromatic rings. The van der Waals surface area contributed by atoms with E-state index in [9.17, 15) is 4.79 Å². The topological polar surface area (TPSA) is 29.6 Å². The van der Waals surface area contributed by atoms with Crippen molar-refractivity contribution in [3.8, 4) is 0 Å². The second-order valence-electron chi connectivity index (χ2n) is 4.09. The first-order valence-electron chi connectivity index (χ1n) is 5.69. The van der Waals surface area contributed by atoms with Crippen LogP contribution >= 0.6 is 0 Å². The second kappa shape index (κ2) is 5.08. The van der Waals surface area contributed by atoms with Gasteiger partial charge in [0.2, 0.25) is 0 Å². The summed E-state index contributed by atoms with van der Waals surface area (Å²) < 4.78 is 5.29. The molecule has 16 heavy (non-hydrogen) atoms. The van der Waals surface area contributed by atoms with Crippen molar-refractivity contribution in [2.45, 2.75) is 32.0 Å². The Morgan fingerprint density at radius 3 is 2.69 bits per heavy atom. The molecule has 0 bridgehead atoms. The Morgan fingerprint density at radius 1 is 1.38 bits per heavy atom. The van der Waals surface area contributed by atoms with Crippen LogP contribution in [0.2, 0.25) is 0 Å². The van der Waals surface area contributed by atoms with Crippen LogP contribution in [0, 0.1) is 0 Å². The molecule has 1 aromatic carbocycles. The van der Waals surface area contributed by atoms with Gasteiger partial charge in [-0.05, 0) is 25.8 Å². The lowest BCUT2D eigenvalue weighted by Gasteiger charge is -1.93. The van der Waals surface area contributed by atoms with E-state index in [1.807, 2.05) is 36.4 Å². The van der Waals surface area contributed by atoms with Crippen molar-refractivity contribution in [2.24, 2.45) is 0 Å². The summed E-state index contributed by atoms with van der Waals surface area (Å²) in [4.78, 5) is 11.7. The third kappa shape index (κ3) is 3.04. The number of ether oxygens (including phenoxy) is 1. The smallest absolute Gasteiger partial charge is 0.185 e. The first-order chi connectivity index (χ1) is 7.77. The maximum absolute atomic E-state index is 11.7. The first kappa shape index (κ1) is 11.1. The standard InChI is InChI=1S/C14H16O2/c1-11-14(16-11)10-6-5-9-13(15)12-7-3-2-4-8-12/h2-5,7-9,11,14H,6,10H2,1H3/b9-5+/t11-,14-/m1/s1. The Balaban J connectivity index is 1.76. The molecule has 0 unspecified atom stereocenters. The van der Waals surface area contributed by atoms with Gasteiger partial charge in [-0.2, -0.15) is 0 Å². The van der Waals surface area contributed by atoms with Gasteiger partial charge in [0, 0.05) is 5.56 Å². The minimum atomic E-state index is 0.0744. The van der Waals surface area contributed by atoms with Gasteiger partial charge >= 0.3 is 0 Å². The van der Waals surface area contributed by atoms with E-state index in [0.29, 0.717) is 12.2 Å². The van der Waals surface area contributed by atoms with Crippen molar-refractivity contribution in [3.05, 3.63) is 48.0 Å². The Kier molecular flexibility index (Phi) is 3.52. The molecule has 0 spiro atoms. The van der Waals surface area contributed by atoms with Crippen molar-refractivity contribution < 1.29 is 9.53 Å². The maximum atomic E-state index is 11.7. The summed E-state index contributed by atoms with van der Waals surface area (Å²) in [5, 5.41) is 0. The largest absolute Gasteiger partial charge is 0.370 e. The molecule has 2 atom stereocenters. The number of allylic oxidation sites excluding steroid dienone is 2. The number of carbonyl (C=O) groups is 1. The Labute approximate surface area is 95.9 Å². The van der Waals surface area contributed by atoms with Crippen LogP contribution in [0.3, 0.4) is 0 Å². The SMILES string of the molecule is C[C@H]1O[C@@H]1CC/C=C/C(=O)c1ccccc1. The van der Waals surface area contributed by atoms with Crippen LogP contribution in [0.15, 0.2) is 42.5 Å². The molecule has 84 valence electrons. The van der Waals surface area contributed by atoms with Crippen LogP contribution in [0.1, 0.15) is 30.1 Å². The van der Waals surface area contributed by atoms with Gasteiger partial charge in [-0.25, -0.2) is 0 Å². The summed E-state index contributed by atoms with van der Waals surface area (Å²) in [5.74, 6) is 0.0744. The fraction of sp³-hybridized carbons (Fsp3) is 0.357. The predicted molar refractivity (Wildman–Crippen MR) is 63.5 cm³/mol. The van der Waals surface area contributed by atoms with Crippen LogP contribution in [-0.2, 0) is 4.74 Å². The highest BCUT2D eigenvalue weighted by molar-refractivity contribution is 6.04. The van der Waals surface area contributed by atoms with Gasteiger partial charge in [0.25, 0.3) is 0 Å². The van der Waals surface area contributed by atoms with E-state index in [0.717, 1.165) is 18.4 Å². The lowest BCUT2D eigenvalue weighted by atomic mass is 10.1. The molecule has 1 saturated heterocycles. The van der Waals surface area contributed by atoms with Gasteiger partial charge in [-0.3, -0.25) is 4.79 Å². The minimum Gasteiger partial charge on any atom is -0.370 e.